The molecule has 6 rings (SSSR count). The van der Waals surface area contributed by atoms with Crippen molar-refractivity contribution in [3.8, 4) is 0 Å². The van der Waals surface area contributed by atoms with Crippen LogP contribution in [0.3, 0.4) is 0 Å². The summed E-state index contributed by atoms with van der Waals surface area (Å²) in [5.74, 6) is 1.13. The van der Waals surface area contributed by atoms with Crippen molar-refractivity contribution in [3.05, 3.63) is 70.8 Å². The van der Waals surface area contributed by atoms with Crippen molar-refractivity contribution in [3.63, 3.8) is 0 Å². The molecule has 0 heterocycles. The fourth-order valence-corrected chi connectivity index (χ4v) is 13.0. The number of hydrogen-bond acceptors (Lipinski definition) is 4. The Morgan fingerprint density at radius 1 is 0.964 bits per heavy atom. The Morgan fingerprint density at radius 2 is 1.64 bits per heavy atom. The maximum Gasteiger partial charge on any atom is 0.313 e. The number of aliphatic hydroxyl groups is 1. The predicted molar refractivity (Wildman–Crippen MR) is 224 cm³/mol. The van der Waals surface area contributed by atoms with Crippen molar-refractivity contribution in [2.75, 3.05) is 13.1 Å². The molecule has 0 radical (unpaired) electrons. The van der Waals surface area contributed by atoms with Gasteiger partial charge in [-0.3, -0.25) is 9.69 Å². The zero-order valence-corrected chi connectivity index (χ0v) is 35.0. The summed E-state index contributed by atoms with van der Waals surface area (Å²) in [5.41, 5.74) is 4.11. The highest BCUT2D eigenvalue weighted by molar-refractivity contribution is 5.79. The van der Waals surface area contributed by atoms with Crippen molar-refractivity contribution in [1.29, 1.82) is 0 Å². The van der Waals surface area contributed by atoms with E-state index in [1.165, 1.54) is 36.8 Å². The average Bonchev–Trinajstić information content (AvgIpc) is 3.41. The highest BCUT2D eigenvalue weighted by atomic mass is 19.1. The van der Waals surface area contributed by atoms with Crippen LogP contribution in [-0.2, 0) is 16.1 Å². The smallest absolute Gasteiger partial charge is 0.313 e. The summed E-state index contributed by atoms with van der Waals surface area (Å²) < 4.78 is 20.6. The molecular weight excluding hydrogens is 686 g/mol. The monoisotopic (exact) mass is 762 g/mol. The number of rotatable bonds is 12. The summed E-state index contributed by atoms with van der Waals surface area (Å²) in [6.07, 6.45) is 16.1. The van der Waals surface area contributed by atoms with E-state index in [0.717, 1.165) is 75.7 Å². The molecule has 0 saturated heterocycles. The van der Waals surface area contributed by atoms with Gasteiger partial charge in [-0.15, -0.1) is 0 Å². The molecule has 0 spiro atoms. The van der Waals surface area contributed by atoms with E-state index in [-0.39, 0.29) is 41.0 Å². The summed E-state index contributed by atoms with van der Waals surface area (Å²) in [6.45, 7) is 25.8. The molecule has 1 aromatic rings. The lowest BCUT2D eigenvalue weighted by Gasteiger charge is -2.66. The molecule has 0 aromatic heterocycles. The van der Waals surface area contributed by atoms with E-state index in [1.807, 2.05) is 18.2 Å². The molecule has 2 N–H and O–H groups in total. The molecule has 6 heteroatoms. The highest BCUT2D eigenvalue weighted by Crippen LogP contribution is 2.72. The Bertz CT molecular complexity index is 1610. The standard InChI is InChI=1S/C48H72FNO4.CH4/c1-10-11-26-50(30-34-17-19-35(49)20-18-34)31-39(51)48-23-15-13-12-14-16-38-46(8)25-22-40(54-36-28-45(7,29-36)43(52)53)44(5,6)37(46)21-24-47(38,9)42(48)41(32(2)3)33(4)27-48;/h17-20,28,32,37-40,51H,4,10-16,21-27,29-31H2,1-3,5-9H3,(H,52,53);1H4. The summed E-state index contributed by atoms with van der Waals surface area (Å²) in [5, 5.41) is 22.7. The number of aliphatic hydroxyl groups excluding tert-OH is 1. The molecule has 0 bridgehead atoms. The lowest BCUT2D eigenvalue weighted by Crippen LogP contribution is -2.60. The van der Waals surface area contributed by atoms with Crippen LogP contribution in [0.4, 0.5) is 4.39 Å². The number of allylic oxidation sites excluding steroid dienone is 3. The molecular formula is C49H76FNO4. The number of carboxylic acids is 1. The number of carbonyl (C=O) groups is 1. The number of benzene rings is 1. The van der Waals surface area contributed by atoms with Gasteiger partial charge in [0.15, 0.2) is 0 Å². The Labute approximate surface area is 334 Å². The van der Waals surface area contributed by atoms with Gasteiger partial charge in [0.05, 0.1) is 17.3 Å². The molecule has 1 aromatic carbocycles. The minimum absolute atomic E-state index is 0. The van der Waals surface area contributed by atoms with Crippen molar-refractivity contribution < 1.29 is 24.1 Å². The molecule has 5 aliphatic rings. The number of carboxylic acid groups (broad SMARTS) is 1. The maximum absolute atomic E-state index is 13.9. The molecule has 0 amide bonds. The third kappa shape index (κ3) is 7.91. The van der Waals surface area contributed by atoms with Gasteiger partial charge in [0, 0.05) is 30.3 Å². The van der Waals surface area contributed by atoms with Crippen LogP contribution in [0, 0.1) is 50.6 Å². The summed E-state index contributed by atoms with van der Waals surface area (Å²) in [4.78, 5) is 14.3. The van der Waals surface area contributed by atoms with Crippen molar-refractivity contribution in [1.82, 2.24) is 4.90 Å². The first-order valence-corrected chi connectivity index (χ1v) is 21.6. The fraction of sp³-hybridized carbons (Fsp3) is 0.735. The van der Waals surface area contributed by atoms with Crippen LogP contribution in [0.25, 0.3) is 0 Å². The highest BCUT2D eigenvalue weighted by Gasteiger charge is 2.65. The molecule has 308 valence electrons. The van der Waals surface area contributed by atoms with E-state index in [9.17, 15) is 19.4 Å². The van der Waals surface area contributed by atoms with Crippen LogP contribution in [0.1, 0.15) is 158 Å². The predicted octanol–water partition coefficient (Wildman–Crippen LogP) is 12.3. The first kappa shape index (κ1) is 43.7. The normalized spacial score (nSPS) is 35.2. The quantitative estimate of drug-likeness (QED) is 0.222. The Morgan fingerprint density at radius 3 is 2.27 bits per heavy atom. The first-order chi connectivity index (χ1) is 25.4. The second-order valence-electron chi connectivity index (χ2n) is 20.1. The van der Waals surface area contributed by atoms with E-state index in [0.29, 0.717) is 37.3 Å². The van der Waals surface area contributed by atoms with Gasteiger partial charge >= 0.3 is 5.97 Å². The van der Waals surface area contributed by atoms with Gasteiger partial charge in [0.25, 0.3) is 0 Å². The number of hydrogen-bond donors (Lipinski definition) is 2. The number of aliphatic carboxylic acids is 1. The Kier molecular flexibility index (Phi) is 13.0. The Balaban J connectivity index is 0.00000580. The second-order valence-corrected chi connectivity index (χ2v) is 20.1. The minimum atomic E-state index is -0.816. The molecule has 8 unspecified atom stereocenters. The Hall–Kier alpha value is -2.44. The second kappa shape index (κ2) is 16.4. The minimum Gasteiger partial charge on any atom is -0.494 e. The van der Waals surface area contributed by atoms with E-state index >= 15 is 0 Å². The number of halogens is 1. The van der Waals surface area contributed by atoms with Crippen LogP contribution in [0.5, 0.6) is 0 Å². The van der Waals surface area contributed by atoms with E-state index in [1.54, 1.807) is 24.6 Å². The molecule has 8 atom stereocenters. The van der Waals surface area contributed by atoms with Gasteiger partial charge in [-0.2, -0.15) is 0 Å². The number of ether oxygens (including phenoxy) is 1. The first-order valence-electron chi connectivity index (χ1n) is 21.6. The largest absolute Gasteiger partial charge is 0.494 e. The van der Waals surface area contributed by atoms with Gasteiger partial charge < -0.3 is 14.9 Å². The zero-order valence-electron chi connectivity index (χ0n) is 35.0. The third-order valence-corrected chi connectivity index (χ3v) is 15.7. The van der Waals surface area contributed by atoms with Crippen molar-refractivity contribution in [2.24, 2.45) is 44.8 Å². The summed E-state index contributed by atoms with van der Waals surface area (Å²) in [7, 11) is 0. The average molecular weight is 762 g/mol. The van der Waals surface area contributed by atoms with Gasteiger partial charge in [-0.1, -0.05) is 118 Å². The topological polar surface area (TPSA) is 70.0 Å². The van der Waals surface area contributed by atoms with E-state index < -0.39 is 17.5 Å². The molecule has 55 heavy (non-hydrogen) atoms. The van der Waals surface area contributed by atoms with Crippen molar-refractivity contribution >= 4 is 5.97 Å². The zero-order chi connectivity index (χ0) is 39.3. The molecule has 5 nitrogen and oxygen atoms in total. The lowest BCUT2D eigenvalue weighted by molar-refractivity contribution is -0.178. The van der Waals surface area contributed by atoms with E-state index in [4.69, 9.17) is 11.3 Å². The third-order valence-electron chi connectivity index (χ3n) is 15.7. The van der Waals surface area contributed by atoms with Crippen LogP contribution in [0.2, 0.25) is 0 Å². The van der Waals surface area contributed by atoms with Crippen LogP contribution < -0.4 is 0 Å². The van der Waals surface area contributed by atoms with Gasteiger partial charge in [0.1, 0.15) is 11.9 Å². The van der Waals surface area contributed by atoms with E-state index in [2.05, 4.69) is 53.4 Å². The van der Waals surface area contributed by atoms with Crippen molar-refractivity contribution in [2.45, 2.75) is 171 Å². The fourth-order valence-electron chi connectivity index (χ4n) is 13.0. The summed E-state index contributed by atoms with van der Waals surface area (Å²) >= 11 is 0. The lowest BCUT2D eigenvalue weighted by atomic mass is 9.39. The molecule has 3 saturated carbocycles. The maximum atomic E-state index is 13.9. The van der Waals surface area contributed by atoms with Gasteiger partial charge in [-0.05, 0) is 123 Å². The number of fused-ring (bicyclic) bond motifs is 5. The molecule has 0 aliphatic heterocycles. The van der Waals surface area contributed by atoms with Gasteiger partial charge in [0.2, 0.25) is 0 Å². The van der Waals surface area contributed by atoms with Crippen LogP contribution in [0.15, 0.2) is 59.4 Å². The molecule has 3 fully saturated rings. The molecule has 5 aliphatic carbocycles. The number of unbranched alkanes of at least 4 members (excludes halogenated alkanes) is 1. The summed E-state index contributed by atoms with van der Waals surface area (Å²) in [6, 6.07) is 6.89. The number of nitrogens with zero attached hydrogens (tertiary/aromatic N) is 1. The van der Waals surface area contributed by atoms with Crippen LogP contribution in [-0.4, -0.2) is 46.4 Å². The SMILES string of the molecule is C.C=C1CC2(C(O)CN(CCCC)Cc3ccc(F)cc3)CCCCCCC3C(C)(CCC4C(C)(C)C(OC5=CC(C)(C(=O)O)C5)CCC34C)C2=C1C(C)C. The van der Waals surface area contributed by atoms with Gasteiger partial charge in [-0.25, -0.2) is 4.39 Å². The van der Waals surface area contributed by atoms with Crippen LogP contribution >= 0.6 is 0 Å².